The Bertz CT molecular complexity index is 1510. The number of hydrogen-bond acceptors (Lipinski definition) is 6. The Morgan fingerprint density at radius 1 is 0.826 bits per heavy atom. The quantitative estimate of drug-likeness (QED) is 0.151. The van der Waals surface area contributed by atoms with E-state index in [0.717, 1.165) is 41.2 Å². The minimum Gasteiger partial charge on any atom is -0.493 e. The molecule has 5 rings (SSSR count). The highest BCUT2D eigenvalue weighted by molar-refractivity contribution is 7.10. The zero-order valence-corrected chi connectivity index (χ0v) is 28.0. The maximum absolute atomic E-state index is 14.6. The summed E-state index contributed by atoms with van der Waals surface area (Å²) in [6.07, 6.45) is 3.00. The van der Waals surface area contributed by atoms with Crippen molar-refractivity contribution in [1.29, 1.82) is 0 Å². The van der Waals surface area contributed by atoms with E-state index in [4.69, 9.17) is 9.47 Å². The summed E-state index contributed by atoms with van der Waals surface area (Å²) in [5.74, 6) is 0.749. The molecule has 0 unspecified atom stereocenters. The Balaban J connectivity index is 1.41. The first kappa shape index (κ1) is 33.2. The van der Waals surface area contributed by atoms with Gasteiger partial charge in [0.1, 0.15) is 0 Å². The number of carbonyl (C=O) groups is 2. The molecule has 46 heavy (non-hydrogen) atoms. The van der Waals surface area contributed by atoms with Crippen molar-refractivity contribution in [2.45, 2.75) is 38.6 Å². The number of ether oxygens (including phenoxy) is 2. The average Bonchev–Trinajstić information content (AvgIpc) is 3.77. The zero-order chi connectivity index (χ0) is 32.3. The molecule has 0 radical (unpaired) electrons. The fourth-order valence-electron chi connectivity index (χ4n) is 6.08. The van der Waals surface area contributed by atoms with E-state index in [1.807, 2.05) is 83.8 Å². The highest BCUT2D eigenvalue weighted by atomic mass is 32.1. The van der Waals surface area contributed by atoms with Gasteiger partial charge in [-0.3, -0.25) is 9.59 Å². The van der Waals surface area contributed by atoms with Gasteiger partial charge in [-0.05, 0) is 85.1 Å². The van der Waals surface area contributed by atoms with E-state index in [1.165, 1.54) is 18.4 Å². The van der Waals surface area contributed by atoms with Crippen molar-refractivity contribution in [3.8, 4) is 11.5 Å². The number of thiophene rings is 1. The normalized spacial score (nSPS) is 13.1. The second-order valence-corrected chi connectivity index (χ2v) is 12.8. The number of methoxy groups -OCH3 is 2. The molecule has 0 spiro atoms. The summed E-state index contributed by atoms with van der Waals surface area (Å²) in [6.45, 7) is 6.45. The summed E-state index contributed by atoms with van der Waals surface area (Å²) < 4.78 is 10.9. The first-order chi connectivity index (χ1) is 22.5. The predicted molar refractivity (Wildman–Crippen MR) is 185 cm³/mol. The number of amides is 2. The van der Waals surface area contributed by atoms with Crippen LogP contribution in [0.3, 0.4) is 0 Å². The molecule has 0 bridgehead atoms. The molecular formula is C38H45N3O4S. The second-order valence-electron chi connectivity index (χ2n) is 11.8. The van der Waals surface area contributed by atoms with Crippen molar-refractivity contribution in [2.24, 2.45) is 0 Å². The van der Waals surface area contributed by atoms with Crippen LogP contribution >= 0.6 is 11.3 Å². The molecule has 0 N–H and O–H groups in total. The molecule has 1 aliphatic heterocycles. The maximum Gasteiger partial charge on any atom is 0.242 e. The molecule has 2 amide bonds. The molecule has 1 fully saturated rings. The topological polar surface area (TPSA) is 62.3 Å². The van der Waals surface area contributed by atoms with Crippen molar-refractivity contribution in [1.82, 2.24) is 14.7 Å². The third-order valence-electron chi connectivity index (χ3n) is 8.81. The van der Waals surface area contributed by atoms with Gasteiger partial charge in [-0.25, -0.2) is 0 Å². The van der Waals surface area contributed by atoms with E-state index in [9.17, 15) is 9.59 Å². The Hall–Kier alpha value is -4.14. The van der Waals surface area contributed by atoms with Crippen molar-refractivity contribution < 1.29 is 19.1 Å². The minimum absolute atomic E-state index is 0.0270. The fraction of sp³-hybridized carbons (Fsp3) is 0.368. The number of benzene rings is 3. The van der Waals surface area contributed by atoms with Gasteiger partial charge in [-0.15, -0.1) is 11.3 Å². The van der Waals surface area contributed by atoms with Gasteiger partial charge in [0.2, 0.25) is 11.8 Å². The standard InChI is InChI=1S/C38H45N3O4S/c1-29-19-25-46-35(29)27-40(22-18-30-16-17-33(44-2)34(26-30)45-3)36(42)28-41(24-23-39-20-10-11-21-39)38(43)37(31-12-6-4-7-13-31)32-14-8-5-9-15-32/h4-9,12-17,19,25-26,37H,10-11,18,20-24,27-28H2,1-3H3. The van der Waals surface area contributed by atoms with Crippen LogP contribution in [0.4, 0.5) is 0 Å². The Morgan fingerprint density at radius 2 is 1.48 bits per heavy atom. The predicted octanol–water partition coefficient (Wildman–Crippen LogP) is 6.40. The molecule has 1 aromatic heterocycles. The third kappa shape index (κ3) is 8.56. The monoisotopic (exact) mass is 639 g/mol. The lowest BCUT2D eigenvalue weighted by molar-refractivity contribution is -0.141. The van der Waals surface area contributed by atoms with E-state index in [0.29, 0.717) is 37.6 Å². The van der Waals surface area contributed by atoms with E-state index in [2.05, 4.69) is 23.3 Å². The number of aryl methyl sites for hydroxylation is 1. The van der Waals surface area contributed by atoms with Crippen LogP contribution in [0.5, 0.6) is 11.5 Å². The molecule has 1 saturated heterocycles. The van der Waals surface area contributed by atoms with Gasteiger partial charge in [0.05, 0.1) is 33.2 Å². The lowest BCUT2D eigenvalue weighted by Gasteiger charge is -2.32. The summed E-state index contributed by atoms with van der Waals surface area (Å²) in [7, 11) is 3.25. The lowest BCUT2D eigenvalue weighted by Crippen LogP contribution is -2.47. The SMILES string of the molecule is COc1ccc(CCN(Cc2sccc2C)C(=O)CN(CCN2CCCC2)C(=O)C(c2ccccc2)c2ccccc2)cc1OC. The smallest absolute Gasteiger partial charge is 0.242 e. The van der Waals surface area contributed by atoms with Gasteiger partial charge in [0, 0.05) is 24.5 Å². The van der Waals surface area contributed by atoms with Gasteiger partial charge in [0.25, 0.3) is 0 Å². The zero-order valence-electron chi connectivity index (χ0n) is 27.2. The molecule has 4 aromatic rings. The Morgan fingerprint density at radius 3 is 2.07 bits per heavy atom. The van der Waals surface area contributed by atoms with Crippen molar-refractivity contribution >= 4 is 23.2 Å². The fourth-order valence-corrected chi connectivity index (χ4v) is 7.00. The summed E-state index contributed by atoms with van der Waals surface area (Å²) in [5.41, 5.74) is 4.08. The molecule has 0 saturated carbocycles. The van der Waals surface area contributed by atoms with Gasteiger partial charge in [-0.1, -0.05) is 66.7 Å². The van der Waals surface area contributed by atoms with Gasteiger partial charge < -0.3 is 24.2 Å². The highest BCUT2D eigenvalue weighted by Gasteiger charge is 2.30. The number of nitrogens with zero attached hydrogens (tertiary/aromatic N) is 3. The molecule has 8 heteroatoms. The van der Waals surface area contributed by atoms with Crippen LogP contribution in [0.2, 0.25) is 0 Å². The largest absolute Gasteiger partial charge is 0.493 e. The van der Waals surface area contributed by atoms with Crippen LogP contribution < -0.4 is 9.47 Å². The summed E-state index contributed by atoms with van der Waals surface area (Å²) in [6, 6.07) is 27.8. The Labute approximate surface area is 277 Å². The van der Waals surface area contributed by atoms with Gasteiger partial charge >= 0.3 is 0 Å². The van der Waals surface area contributed by atoms with Crippen LogP contribution in [-0.4, -0.2) is 80.0 Å². The van der Waals surface area contributed by atoms with Crippen LogP contribution in [0.1, 0.15) is 45.9 Å². The first-order valence-corrected chi connectivity index (χ1v) is 17.0. The lowest BCUT2D eigenvalue weighted by atomic mass is 9.90. The van der Waals surface area contributed by atoms with Gasteiger partial charge in [-0.2, -0.15) is 0 Å². The molecule has 242 valence electrons. The summed E-state index contributed by atoms with van der Waals surface area (Å²) >= 11 is 1.66. The summed E-state index contributed by atoms with van der Waals surface area (Å²) in [4.78, 5) is 36.2. The molecule has 1 aliphatic rings. The molecule has 2 heterocycles. The van der Waals surface area contributed by atoms with Crippen molar-refractivity contribution in [3.63, 3.8) is 0 Å². The number of hydrogen-bond donors (Lipinski definition) is 0. The van der Waals surface area contributed by atoms with E-state index in [-0.39, 0.29) is 18.4 Å². The Kier molecular flexibility index (Phi) is 11.9. The average molecular weight is 640 g/mol. The molecular weight excluding hydrogens is 595 g/mol. The first-order valence-electron chi connectivity index (χ1n) is 16.1. The van der Waals surface area contributed by atoms with Crippen LogP contribution in [-0.2, 0) is 22.6 Å². The van der Waals surface area contributed by atoms with Crippen LogP contribution in [0, 0.1) is 6.92 Å². The second kappa shape index (κ2) is 16.4. The van der Waals surface area contributed by atoms with Crippen molar-refractivity contribution in [3.05, 3.63) is 117 Å². The van der Waals surface area contributed by atoms with E-state index < -0.39 is 5.92 Å². The van der Waals surface area contributed by atoms with Crippen LogP contribution in [0.15, 0.2) is 90.3 Å². The van der Waals surface area contributed by atoms with Crippen molar-refractivity contribution in [2.75, 3.05) is 53.5 Å². The van der Waals surface area contributed by atoms with E-state index >= 15 is 0 Å². The molecule has 0 aliphatic carbocycles. The van der Waals surface area contributed by atoms with Crippen LogP contribution in [0.25, 0.3) is 0 Å². The summed E-state index contributed by atoms with van der Waals surface area (Å²) in [5, 5.41) is 2.07. The number of rotatable bonds is 15. The third-order valence-corrected chi connectivity index (χ3v) is 9.82. The molecule has 0 atom stereocenters. The number of carbonyl (C=O) groups excluding carboxylic acids is 2. The van der Waals surface area contributed by atoms with E-state index in [1.54, 1.807) is 30.5 Å². The minimum atomic E-state index is -0.492. The van der Waals surface area contributed by atoms with Gasteiger partial charge in [0.15, 0.2) is 11.5 Å². The maximum atomic E-state index is 14.6. The highest BCUT2D eigenvalue weighted by Crippen LogP contribution is 2.29. The number of likely N-dealkylation sites (tertiary alicyclic amines) is 1. The molecule has 3 aromatic carbocycles. The molecule has 7 nitrogen and oxygen atoms in total.